The molecule has 3 fully saturated rings. The van der Waals surface area contributed by atoms with Gasteiger partial charge in [-0.2, -0.15) is 13.2 Å². The number of anilines is 1. The van der Waals surface area contributed by atoms with E-state index >= 15 is 0 Å². The molecule has 2 aliphatic heterocycles. The van der Waals surface area contributed by atoms with Gasteiger partial charge < -0.3 is 30.0 Å². The van der Waals surface area contributed by atoms with Gasteiger partial charge in [-0.15, -0.1) is 0 Å². The first-order chi connectivity index (χ1) is 20.3. The van der Waals surface area contributed by atoms with Gasteiger partial charge >= 0.3 is 11.6 Å². The number of nitrogens with one attached hydrogen (secondary N) is 3. The fourth-order valence-corrected chi connectivity index (χ4v) is 6.78. The Kier molecular flexibility index (Phi) is 8.53. The van der Waals surface area contributed by atoms with Crippen molar-refractivity contribution >= 4 is 40.9 Å². The number of carbonyl (C=O) groups excluding carboxylic acids is 3. The molecule has 0 radical (unpaired) electrons. The van der Waals surface area contributed by atoms with Gasteiger partial charge in [-0.1, -0.05) is 11.8 Å². The zero-order valence-electron chi connectivity index (χ0n) is 24.5. The third-order valence-corrected chi connectivity index (χ3v) is 8.87. The van der Waals surface area contributed by atoms with Crippen LogP contribution in [0.3, 0.4) is 0 Å². The van der Waals surface area contributed by atoms with E-state index in [0.29, 0.717) is 17.6 Å². The smallest absolute Gasteiger partial charge is 0.444 e. The number of rotatable bonds is 6. The number of pyridine rings is 1. The molecule has 9 nitrogen and oxygen atoms in total. The van der Waals surface area contributed by atoms with Crippen LogP contribution in [-0.4, -0.2) is 70.0 Å². The highest BCUT2D eigenvalue weighted by molar-refractivity contribution is 8.00. The lowest BCUT2D eigenvalue weighted by atomic mass is 9.97. The number of halogens is 3. The minimum atomic E-state index is -4.54. The number of fused-ring (bicyclic) bond motifs is 3. The van der Waals surface area contributed by atoms with Gasteiger partial charge in [0.25, 0.3) is 0 Å². The van der Waals surface area contributed by atoms with Crippen LogP contribution in [0, 0.1) is 23.7 Å². The molecule has 232 valence electrons. The fourth-order valence-electron chi connectivity index (χ4n) is 6.08. The Balaban J connectivity index is 1.35. The average molecular weight is 620 g/mol. The molecule has 2 saturated heterocycles. The minimum absolute atomic E-state index is 0.0609. The minimum Gasteiger partial charge on any atom is -0.444 e. The van der Waals surface area contributed by atoms with E-state index in [1.54, 1.807) is 18.3 Å². The molecule has 13 heteroatoms. The van der Waals surface area contributed by atoms with Crippen molar-refractivity contribution in [3.8, 4) is 11.8 Å². The lowest BCUT2D eigenvalue weighted by Gasteiger charge is -2.41. The van der Waals surface area contributed by atoms with E-state index in [1.807, 2.05) is 31.7 Å². The maximum absolute atomic E-state index is 13.6. The van der Waals surface area contributed by atoms with Gasteiger partial charge in [0.15, 0.2) is 0 Å². The van der Waals surface area contributed by atoms with Crippen molar-refractivity contribution in [3.05, 3.63) is 30.0 Å². The summed E-state index contributed by atoms with van der Waals surface area (Å²) in [4.78, 5) is 38.9. The second kappa shape index (κ2) is 11.9. The largest absolute Gasteiger partial charge is 0.447 e. The molecule has 5 rings (SSSR count). The van der Waals surface area contributed by atoms with Crippen LogP contribution in [0.2, 0.25) is 0 Å². The summed E-state index contributed by atoms with van der Waals surface area (Å²) >= 11 is -0.244. The maximum atomic E-state index is 13.6. The van der Waals surface area contributed by atoms with Gasteiger partial charge in [-0.05, 0) is 71.1 Å². The van der Waals surface area contributed by atoms with Crippen molar-refractivity contribution in [2.24, 2.45) is 11.8 Å². The number of amides is 3. The normalized spacial score (nSPS) is 24.6. The van der Waals surface area contributed by atoms with E-state index in [1.165, 1.54) is 11.4 Å². The van der Waals surface area contributed by atoms with Crippen LogP contribution >= 0.6 is 11.8 Å². The molecule has 4 heterocycles. The Hall–Kier alpha value is -3.53. The monoisotopic (exact) mass is 619 g/mol. The molecule has 3 N–H and O–H groups in total. The topological polar surface area (TPSA) is 104 Å². The summed E-state index contributed by atoms with van der Waals surface area (Å²) in [6, 6.07) is 5.03. The lowest BCUT2D eigenvalue weighted by Crippen LogP contribution is -2.54. The summed E-state index contributed by atoms with van der Waals surface area (Å²) in [5.41, 5.74) is -3.81. The highest BCUT2D eigenvalue weighted by Gasteiger charge is 2.48. The molecule has 3 amide bonds. The number of nitrogens with zero attached hydrogens (tertiary/aromatic N) is 2. The number of thioether (sulfide) groups is 1. The maximum Gasteiger partial charge on any atom is 0.447 e. The van der Waals surface area contributed by atoms with Crippen LogP contribution in [0.4, 0.5) is 23.7 Å². The van der Waals surface area contributed by atoms with Crippen molar-refractivity contribution in [1.29, 1.82) is 0 Å². The molecule has 1 saturated carbocycles. The second-order valence-electron chi connectivity index (χ2n) is 12.2. The van der Waals surface area contributed by atoms with Gasteiger partial charge in [0.05, 0.1) is 41.2 Å². The van der Waals surface area contributed by atoms with Gasteiger partial charge in [0.2, 0.25) is 11.8 Å². The van der Waals surface area contributed by atoms with E-state index in [4.69, 9.17) is 4.74 Å². The first kappa shape index (κ1) is 30.9. The Morgan fingerprint density at radius 3 is 2.51 bits per heavy atom. The third kappa shape index (κ3) is 7.00. The molecular weight excluding hydrogens is 583 g/mol. The summed E-state index contributed by atoms with van der Waals surface area (Å²) in [5.74, 6) is 4.31. The summed E-state index contributed by atoms with van der Waals surface area (Å²) in [5, 5.41) is 8.62. The summed E-state index contributed by atoms with van der Waals surface area (Å²) < 4.78 is 48.0. The average Bonchev–Trinajstić information content (AvgIpc) is 3.56. The summed E-state index contributed by atoms with van der Waals surface area (Å²) in [6.07, 6.45) is 5.00. The quantitative estimate of drug-likeness (QED) is 0.319. The number of carbonyl (C=O) groups is 3. The molecule has 0 unspecified atom stereocenters. The van der Waals surface area contributed by atoms with E-state index in [2.05, 4.69) is 27.8 Å². The van der Waals surface area contributed by atoms with Crippen molar-refractivity contribution in [2.45, 2.75) is 87.1 Å². The fraction of sp³-hybridized carbons (Fsp3) is 0.567. The van der Waals surface area contributed by atoms with Crippen molar-refractivity contribution in [1.82, 2.24) is 19.9 Å². The molecule has 5 atom stereocenters. The number of hydrogen-bond donors (Lipinski definition) is 3. The summed E-state index contributed by atoms with van der Waals surface area (Å²) in [6.45, 7) is 5.44. The van der Waals surface area contributed by atoms with Gasteiger partial charge in [-0.25, -0.2) is 4.79 Å². The van der Waals surface area contributed by atoms with E-state index in [0.717, 1.165) is 25.7 Å². The second-order valence-corrected chi connectivity index (χ2v) is 13.2. The molecule has 0 spiro atoms. The van der Waals surface area contributed by atoms with Crippen molar-refractivity contribution < 1.29 is 32.3 Å². The van der Waals surface area contributed by atoms with Crippen LogP contribution in [0.15, 0.2) is 29.4 Å². The van der Waals surface area contributed by atoms with Crippen LogP contribution in [0.1, 0.15) is 58.4 Å². The zero-order valence-corrected chi connectivity index (χ0v) is 25.3. The van der Waals surface area contributed by atoms with Gasteiger partial charge in [-0.3, -0.25) is 9.59 Å². The van der Waals surface area contributed by atoms with Gasteiger partial charge in [0, 0.05) is 37.1 Å². The standard InChI is InChI=1S/C30H36F3N5O4S/c1-29(2,3)42-28(41)38-18-9-11-22(23(38)12-10-18)36-21-8-6-14-37-24(21)15-17(27(37)43-30(31,32)33)7-5-13-35-26(40)20-16-19(20)25(39)34-4/h6,8,14-15,18-20,22-23,36H,9-13,16H2,1-4H3,(H,34,39)(H,35,40)/t18-,19-,20-,22-,23-/m1/s1. The van der Waals surface area contributed by atoms with Gasteiger partial charge in [0.1, 0.15) is 10.6 Å². The highest BCUT2D eigenvalue weighted by Crippen LogP contribution is 2.42. The Bertz CT molecular complexity index is 1470. The van der Waals surface area contributed by atoms with Crippen molar-refractivity contribution in [2.75, 3.05) is 18.9 Å². The lowest BCUT2D eigenvalue weighted by molar-refractivity contribution is -0.126. The first-order valence-electron chi connectivity index (χ1n) is 14.4. The zero-order chi connectivity index (χ0) is 31.1. The van der Waals surface area contributed by atoms with Crippen LogP contribution in [0.25, 0.3) is 5.52 Å². The van der Waals surface area contributed by atoms with Crippen molar-refractivity contribution in [3.63, 3.8) is 0 Å². The predicted octanol–water partition coefficient (Wildman–Crippen LogP) is 4.74. The Labute approximate surface area is 252 Å². The molecule has 0 aromatic carbocycles. The van der Waals surface area contributed by atoms with Crippen LogP contribution in [0.5, 0.6) is 0 Å². The SMILES string of the molecule is CNC(=O)[C@@H]1C[C@H]1C(=O)NCC#Cc1cc2c(N[C@@H]3CC[C@@H]4CC[C@H]3N4C(=O)OC(C)(C)C)cccn2c1SC(F)(F)F. The number of alkyl halides is 3. The number of piperidine rings is 1. The molecule has 3 aliphatic rings. The molecule has 43 heavy (non-hydrogen) atoms. The van der Waals surface area contributed by atoms with E-state index in [-0.39, 0.29) is 70.8 Å². The molecule has 2 aromatic heterocycles. The molecule has 2 bridgehead atoms. The third-order valence-electron chi connectivity index (χ3n) is 8.03. The van der Waals surface area contributed by atoms with E-state index in [9.17, 15) is 27.6 Å². The molecule has 1 aliphatic carbocycles. The highest BCUT2D eigenvalue weighted by atomic mass is 32.2. The number of ether oxygens (including phenoxy) is 1. The van der Waals surface area contributed by atoms with Crippen LogP contribution < -0.4 is 16.0 Å². The first-order valence-corrected chi connectivity index (χ1v) is 15.2. The summed E-state index contributed by atoms with van der Waals surface area (Å²) in [7, 11) is 1.51. The molecule has 2 aromatic rings. The Morgan fingerprint density at radius 1 is 1.09 bits per heavy atom. The predicted molar refractivity (Wildman–Crippen MR) is 156 cm³/mol. The number of hydrogen-bond acceptors (Lipinski definition) is 6. The Morgan fingerprint density at radius 2 is 1.81 bits per heavy atom. The van der Waals surface area contributed by atoms with E-state index < -0.39 is 17.0 Å². The van der Waals surface area contributed by atoms with Crippen LogP contribution in [-0.2, 0) is 14.3 Å². The number of aromatic nitrogens is 1. The molecular formula is C30H36F3N5O4S.